The molecule has 2 aromatic carbocycles. The van der Waals surface area contributed by atoms with Crippen molar-refractivity contribution in [3.8, 4) is 5.75 Å². The molecule has 0 amide bonds. The Kier molecular flexibility index (Phi) is 4.39. The van der Waals surface area contributed by atoms with E-state index in [2.05, 4.69) is 55.2 Å². The first-order chi connectivity index (χ1) is 11.1. The highest BCUT2D eigenvalue weighted by atomic mass is 16.5. The standard InChI is InChI=1S/C20H24N2O/c1-13-10-15(8-9-20(13)23-3)16(12-21)11-18-14(2)22-19-7-5-4-6-17(18)19/h4-10,16,22H,11-12,21H2,1-3H3. The molecule has 1 unspecified atom stereocenters. The van der Waals surface area contributed by atoms with Gasteiger partial charge in [-0.05, 0) is 55.6 Å². The number of nitrogens with one attached hydrogen (secondary N) is 1. The first-order valence-corrected chi connectivity index (χ1v) is 8.04. The van der Waals surface area contributed by atoms with Crippen molar-refractivity contribution in [2.45, 2.75) is 26.2 Å². The fraction of sp³-hybridized carbons (Fsp3) is 0.300. The van der Waals surface area contributed by atoms with Crippen LogP contribution in [0.25, 0.3) is 10.9 Å². The lowest BCUT2D eigenvalue weighted by Crippen LogP contribution is -2.15. The van der Waals surface area contributed by atoms with Crippen LogP contribution in [0.3, 0.4) is 0 Å². The van der Waals surface area contributed by atoms with E-state index in [1.165, 1.54) is 27.7 Å². The van der Waals surface area contributed by atoms with E-state index >= 15 is 0 Å². The zero-order chi connectivity index (χ0) is 16.4. The third-order valence-corrected chi connectivity index (χ3v) is 4.65. The topological polar surface area (TPSA) is 51.0 Å². The van der Waals surface area contributed by atoms with Crippen molar-refractivity contribution < 1.29 is 4.74 Å². The zero-order valence-corrected chi connectivity index (χ0v) is 14.0. The lowest BCUT2D eigenvalue weighted by Gasteiger charge is -2.17. The molecule has 0 radical (unpaired) electrons. The first kappa shape index (κ1) is 15.6. The smallest absolute Gasteiger partial charge is 0.121 e. The van der Waals surface area contributed by atoms with Crippen LogP contribution in [0, 0.1) is 13.8 Å². The van der Waals surface area contributed by atoms with E-state index < -0.39 is 0 Å². The van der Waals surface area contributed by atoms with Gasteiger partial charge < -0.3 is 15.5 Å². The lowest BCUT2D eigenvalue weighted by molar-refractivity contribution is 0.411. The Balaban J connectivity index is 1.95. The summed E-state index contributed by atoms with van der Waals surface area (Å²) in [5, 5.41) is 1.30. The van der Waals surface area contributed by atoms with Crippen molar-refractivity contribution in [2.24, 2.45) is 5.73 Å². The maximum atomic E-state index is 6.09. The maximum Gasteiger partial charge on any atom is 0.121 e. The van der Waals surface area contributed by atoms with E-state index in [0.29, 0.717) is 12.5 Å². The van der Waals surface area contributed by atoms with Crippen molar-refractivity contribution in [1.82, 2.24) is 4.98 Å². The number of ether oxygens (including phenoxy) is 1. The molecule has 3 heteroatoms. The minimum atomic E-state index is 0.303. The molecule has 0 aliphatic carbocycles. The molecule has 0 aliphatic heterocycles. The SMILES string of the molecule is COc1ccc(C(CN)Cc2c(C)[nH]c3ccccc23)cc1C. The van der Waals surface area contributed by atoms with Gasteiger partial charge in [-0.3, -0.25) is 0 Å². The van der Waals surface area contributed by atoms with Gasteiger partial charge in [0.1, 0.15) is 5.75 Å². The summed E-state index contributed by atoms with van der Waals surface area (Å²) >= 11 is 0. The van der Waals surface area contributed by atoms with E-state index in [0.717, 1.165) is 17.7 Å². The second-order valence-corrected chi connectivity index (χ2v) is 6.14. The molecule has 0 spiro atoms. The molecule has 3 nitrogen and oxygen atoms in total. The molecule has 0 fully saturated rings. The molecule has 1 atom stereocenters. The van der Waals surface area contributed by atoms with Gasteiger partial charge >= 0.3 is 0 Å². The fourth-order valence-electron chi connectivity index (χ4n) is 3.34. The highest BCUT2D eigenvalue weighted by molar-refractivity contribution is 5.84. The zero-order valence-electron chi connectivity index (χ0n) is 14.0. The van der Waals surface area contributed by atoms with Crippen LogP contribution in [-0.4, -0.2) is 18.6 Å². The Labute approximate surface area is 137 Å². The molecule has 3 rings (SSSR count). The van der Waals surface area contributed by atoms with Crippen LogP contribution >= 0.6 is 0 Å². The number of hydrogen-bond acceptors (Lipinski definition) is 2. The summed E-state index contributed by atoms with van der Waals surface area (Å²) in [7, 11) is 1.71. The number of H-pyrrole nitrogens is 1. The van der Waals surface area contributed by atoms with Gasteiger partial charge in [-0.1, -0.05) is 30.3 Å². The van der Waals surface area contributed by atoms with Gasteiger partial charge in [-0.25, -0.2) is 0 Å². The van der Waals surface area contributed by atoms with Crippen molar-refractivity contribution in [3.63, 3.8) is 0 Å². The number of aromatic amines is 1. The van der Waals surface area contributed by atoms with Crippen LogP contribution in [-0.2, 0) is 6.42 Å². The molecular formula is C20H24N2O. The van der Waals surface area contributed by atoms with Gasteiger partial charge in [-0.2, -0.15) is 0 Å². The van der Waals surface area contributed by atoms with Gasteiger partial charge in [0.15, 0.2) is 0 Å². The summed E-state index contributed by atoms with van der Waals surface area (Å²) in [6.45, 7) is 4.85. The molecule has 0 saturated carbocycles. The number of fused-ring (bicyclic) bond motifs is 1. The minimum absolute atomic E-state index is 0.303. The third kappa shape index (κ3) is 2.97. The molecule has 3 aromatic rings. The third-order valence-electron chi connectivity index (χ3n) is 4.65. The number of hydrogen-bond donors (Lipinski definition) is 2. The quantitative estimate of drug-likeness (QED) is 0.746. The molecule has 0 saturated heterocycles. The summed E-state index contributed by atoms with van der Waals surface area (Å²) in [5.74, 6) is 1.23. The molecule has 3 N–H and O–H groups in total. The predicted molar refractivity (Wildman–Crippen MR) is 96.3 cm³/mol. The van der Waals surface area contributed by atoms with E-state index in [1.54, 1.807) is 7.11 Å². The average molecular weight is 308 g/mol. The number of aryl methyl sites for hydroxylation is 2. The molecule has 120 valence electrons. The second-order valence-electron chi connectivity index (χ2n) is 6.14. The Morgan fingerprint density at radius 1 is 1.13 bits per heavy atom. The van der Waals surface area contributed by atoms with Gasteiger partial charge in [-0.15, -0.1) is 0 Å². The van der Waals surface area contributed by atoms with Gasteiger partial charge in [0, 0.05) is 22.5 Å². The van der Waals surface area contributed by atoms with Crippen LogP contribution in [0.1, 0.15) is 28.3 Å². The number of para-hydroxylation sites is 1. The number of nitrogens with two attached hydrogens (primary N) is 1. The van der Waals surface area contributed by atoms with Crippen LogP contribution in [0.4, 0.5) is 0 Å². The molecule has 1 aromatic heterocycles. The van der Waals surface area contributed by atoms with E-state index in [-0.39, 0.29) is 0 Å². The number of aromatic nitrogens is 1. The predicted octanol–water partition coefficient (Wildman–Crippen LogP) is 4.08. The second kappa shape index (κ2) is 6.47. The largest absolute Gasteiger partial charge is 0.496 e. The first-order valence-electron chi connectivity index (χ1n) is 8.04. The van der Waals surface area contributed by atoms with E-state index in [9.17, 15) is 0 Å². The molecular weight excluding hydrogens is 284 g/mol. The molecule has 0 aliphatic rings. The highest BCUT2D eigenvalue weighted by Gasteiger charge is 2.16. The van der Waals surface area contributed by atoms with Crippen LogP contribution < -0.4 is 10.5 Å². The van der Waals surface area contributed by atoms with Crippen molar-refractivity contribution in [3.05, 3.63) is 64.8 Å². The van der Waals surface area contributed by atoms with Crippen LogP contribution in [0.5, 0.6) is 5.75 Å². The molecule has 0 bridgehead atoms. The molecule has 23 heavy (non-hydrogen) atoms. The van der Waals surface area contributed by atoms with E-state index in [4.69, 9.17) is 10.5 Å². The lowest BCUT2D eigenvalue weighted by atomic mass is 9.90. The summed E-state index contributed by atoms with van der Waals surface area (Å²) in [5.41, 5.74) is 12.3. The van der Waals surface area contributed by atoms with Gasteiger partial charge in [0.2, 0.25) is 0 Å². The summed E-state index contributed by atoms with van der Waals surface area (Å²) < 4.78 is 5.36. The van der Waals surface area contributed by atoms with Crippen LogP contribution in [0.2, 0.25) is 0 Å². The highest BCUT2D eigenvalue weighted by Crippen LogP contribution is 2.30. The summed E-state index contributed by atoms with van der Waals surface area (Å²) in [4.78, 5) is 3.48. The van der Waals surface area contributed by atoms with Crippen LogP contribution in [0.15, 0.2) is 42.5 Å². The van der Waals surface area contributed by atoms with Gasteiger partial charge in [0.05, 0.1) is 7.11 Å². The minimum Gasteiger partial charge on any atom is -0.496 e. The van der Waals surface area contributed by atoms with Crippen molar-refractivity contribution in [2.75, 3.05) is 13.7 Å². The van der Waals surface area contributed by atoms with Crippen molar-refractivity contribution >= 4 is 10.9 Å². The Hall–Kier alpha value is -2.26. The Morgan fingerprint density at radius 3 is 2.61 bits per heavy atom. The monoisotopic (exact) mass is 308 g/mol. The normalized spacial score (nSPS) is 12.5. The van der Waals surface area contributed by atoms with E-state index in [1.807, 2.05) is 6.07 Å². The number of benzene rings is 2. The van der Waals surface area contributed by atoms with Gasteiger partial charge in [0.25, 0.3) is 0 Å². The average Bonchev–Trinajstić information content (AvgIpc) is 2.88. The Bertz CT molecular complexity index is 820. The maximum absolute atomic E-state index is 6.09. The summed E-state index contributed by atoms with van der Waals surface area (Å²) in [6.07, 6.45) is 0.943. The summed E-state index contributed by atoms with van der Waals surface area (Å²) in [6, 6.07) is 14.8. The fourth-order valence-corrected chi connectivity index (χ4v) is 3.34. The molecule has 1 heterocycles. The number of methoxy groups -OCH3 is 1. The number of rotatable bonds is 5. The Morgan fingerprint density at radius 2 is 1.91 bits per heavy atom. The van der Waals surface area contributed by atoms with Crippen molar-refractivity contribution in [1.29, 1.82) is 0 Å².